The van der Waals surface area contributed by atoms with E-state index >= 15 is 0 Å². The zero-order valence-corrected chi connectivity index (χ0v) is 13.4. The number of carbonyl (C=O) groups excluding carboxylic acids is 1. The minimum atomic E-state index is -1.60. The molecule has 0 spiro atoms. The molecule has 0 aromatic heterocycles. The summed E-state index contributed by atoms with van der Waals surface area (Å²) < 4.78 is 16.0. The van der Waals surface area contributed by atoms with Crippen molar-refractivity contribution in [3.63, 3.8) is 0 Å². The number of methoxy groups -OCH3 is 2. The van der Waals surface area contributed by atoms with Gasteiger partial charge in [-0.15, -0.1) is 0 Å². The van der Waals surface area contributed by atoms with Crippen molar-refractivity contribution in [3.05, 3.63) is 35.4 Å². The molecular weight excluding hydrogens is 332 g/mol. The van der Waals surface area contributed by atoms with E-state index in [2.05, 4.69) is 0 Å². The van der Waals surface area contributed by atoms with E-state index in [-0.39, 0.29) is 22.6 Å². The number of carbonyl (C=O) groups is 1. The summed E-state index contributed by atoms with van der Waals surface area (Å²) in [4.78, 5) is 12.6. The third-order valence-electron chi connectivity index (χ3n) is 3.97. The van der Waals surface area contributed by atoms with Crippen molar-refractivity contribution in [1.29, 1.82) is 0 Å². The van der Waals surface area contributed by atoms with Gasteiger partial charge in [0.1, 0.15) is 22.8 Å². The molecule has 1 heterocycles. The van der Waals surface area contributed by atoms with Crippen LogP contribution in [0.4, 0.5) is 0 Å². The van der Waals surface area contributed by atoms with E-state index < -0.39 is 35.2 Å². The fourth-order valence-electron chi connectivity index (χ4n) is 2.71. The number of ketones is 1. The van der Waals surface area contributed by atoms with Crippen LogP contribution < -0.4 is 14.2 Å². The number of ether oxygens (including phenoxy) is 3. The Bertz CT molecular complexity index is 822. The van der Waals surface area contributed by atoms with E-state index in [4.69, 9.17) is 14.2 Å². The molecule has 0 aliphatic carbocycles. The molecule has 2 atom stereocenters. The Hall–Kier alpha value is -3.13. The van der Waals surface area contributed by atoms with Crippen molar-refractivity contribution in [2.24, 2.45) is 0 Å². The van der Waals surface area contributed by atoms with Gasteiger partial charge in [-0.25, -0.2) is 0 Å². The van der Waals surface area contributed by atoms with Crippen molar-refractivity contribution < 1.29 is 39.4 Å². The Morgan fingerprint density at radius 2 is 1.64 bits per heavy atom. The van der Waals surface area contributed by atoms with Crippen LogP contribution in [0, 0.1) is 0 Å². The van der Waals surface area contributed by atoms with Gasteiger partial charge in [-0.1, -0.05) is 0 Å². The topological polar surface area (TPSA) is 126 Å². The molecule has 8 nitrogen and oxygen atoms in total. The number of phenolic OH excluding ortho intramolecular Hbond substituents is 3. The highest BCUT2D eigenvalue weighted by molar-refractivity contribution is 6.05. The van der Waals surface area contributed by atoms with Gasteiger partial charge < -0.3 is 34.6 Å². The predicted molar refractivity (Wildman–Crippen MR) is 84.7 cm³/mol. The first-order valence-electron chi connectivity index (χ1n) is 7.27. The fourth-order valence-corrected chi connectivity index (χ4v) is 2.71. The molecule has 0 amide bonds. The maximum atomic E-state index is 12.6. The number of fused-ring (bicyclic) bond motifs is 1. The van der Waals surface area contributed by atoms with Crippen molar-refractivity contribution in [2.45, 2.75) is 12.2 Å². The highest BCUT2D eigenvalue weighted by Crippen LogP contribution is 2.45. The van der Waals surface area contributed by atoms with Crippen LogP contribution in [0.1, 0.15) is 22.0 Å². The van der Waals surface area contributed by atoms with Gasteiger partial charge in [-0.3, -0.25) is 4.79 Å². The van der Waals surface area contributed by atoms with Crippen LogP contribution in [0.25, 0.3) is 0 Å². The van der Waals surface area contributed by atoms with Crippen LogP contribution in [-0.2, 0) is 0 Å². The summed E-state index contributed by atoms with van der Waals surface area (Å²) in [5.74, 6) is -1.85. The average molecular weight is 348 g/mol. The number of aliphatic hydroxyl groups excluding tert-OH is 1. The molecule has 1 aliphatic heterocycles. The Labute approximate surface area is 142 Å². The van der Waals surface area contributed by atoms with E-state index in [1.165, 1.54) is 26.4 Å². The van der Waals surface area contributed by atoms with Gasteiger partial charge in [-0.2, -0.15) is 0 Å². The highest BCUT2D eigenvalue weighted by atomic mass is 16.5. The molecule has 0 fully saturated rings. The molecule has 4 N–H and O–H groups in total. The first kappa shape index (κ1) is 16.7. The van der Waals surface area contributed by atoms with Crippen LogP contribution in [0.5, 0.6) is 34.5 Å². The van der Waals surface area contributed by atoms with Gasteiger partial charge in [0.25, 0.3) is 0 Å². The molecule has 2 aromatic carbocycles. The molecule has 0 saturated carbocycles. The molecule has 1 aliphatic rings. The first-order chi connectivity index (χ1) is 11.9. The van der Waals surface area contributed by atoms with Crippen LogP contribution in [0.3, 0.4) is 0 Å². The highest BCUT2D eigenvalue weighted by Gasteiger charge is 2.40. The normalized spacial score (nSPS) is 19.1. The average Bonchev–Trinajstić information content (AvgIpc) is 2.61. The van der Waals surface area contributed by atoms with Crippen molar-refractivity contribution >= 4 is 5.78 Å². The first-order valence-corrected chi connectivity index (χ1v) is 7.27. The molecule has 0 radical (unpaired) electrons. The molecule has 8 heteroatoms. The molecule has 132 valence electrons. The van der Waals surface area contributed by atoms with Gasteiger partial charge in [0.15, 0.2) is 29.5 Å². The van der Waals surface area contributed by atoms with E-state index in [0.717, 1.165) is 12.1 Å². The SMILES string of the molecule is COc1cc(OC)c2c(c1)OC(c1cc(O)c(O)c(O)c1)C(O)C2=O. The van der Waals surface area contributed by atoms with Crippen LogP contribution in [0.2, 0.25) is 0 Å². The number of aromatic hydroxyl groups is 3. The number of hydrogen-bond donors (Lipinski definition) is 4. The molecular formula is C17H16O8. The smallest absolute Gasteiger partial charge is 0.202 e. The maximum Gasteiger partial charge on any atom is 0.202 e. The third-order valence-corrected chi connectivity index (χ3v) is 3.97. The van der Waals surface area contributed by atoms with Gasteiger partial charge in [0.05, 0.1) is 14.2 Å². The summed E-state index contributed by atoms with van der Waals surface area (Å²) in [6.07, 6.45) is -2.80. The fraction of sp³-hybridized carbons (Fsp3) is 0.235. The molecule has 3 rings (SSSR count). The van der Waals surface area contributed by atoms with E-state index in [9.17, 15) is 25.2 Å². The molecule has 0 bridgehead atoms. The molecule has 0 saturated heterocycles. The summed E-state index contributed by atoms with van der Waals surface area (Å²) >= 11 is 0. The lowest BCUT2D eigenvalue weighted by Crippen LogP contribution is -2.36. The number of phenols is 3. The number of rotatable bonds is 3. The van der Waals surface area contributed by atoms with Crippen molar-refractivity contribution in [1.82, 2.24) is 0 Å². The minimum absolute atomic E-state index is 0.0688. The van der Waals surface area contributed by atoms with Crippen molar-refractivity contribution in [2.75, 3.05) is 14.2 Å². The zero-order valence-electron chi connectivity index (χ0n) is 13.4. The van der Waals surface area contributed by atoms with E-state index in [1.807, 2.05) is 0 Å². The number of Topliss-reactive ketones (excluding diaryl/α,β-unsaturated/α-hetero) is 1. The lowest BCUT2D eigenvalue weighted by atomic mass is 9.92. The Morgan fingerprint density at radius 3 is 2.20 bits per heavy atom. The summed E-state index contributed by atoms with van der Waals surface area (Å²) in [5, 5.41) is 39.1. The monoisotopic (exact) mass is 348 g/mol. The summed E-state index contributed by atoms with van der Waals surface area (Å²) in [5.41, 5.74) is 0.181. The van der Waals surface area contributed by atoms with E-state index in [0.29, 0.717) is 5.75 Å². The number of hydrogen-bond acceptors (Lipinski definition) is 8. The standard InChI is InChI=1S/C17H16O8/c1-23-8-5-11(24-2)13-12(6-8)25-17(16(22)15(13)21)7-3-9(18)14(20)10(19)4-7/h3-6,16-20,22H,1-2H3. The minimum Gasteiger partial charge on any atom is -0.504 e. The molecule has 2 aromatic rings. The van der Waals surface area contributed by atoms with Gasteiger partial charge in [0, 0.05) is 17.7 Å². The summed E-state index contributed by atoms with van der Waals surface area (Å²) in [6, 6.07) is 5.15. The van der Waals surface area contributed by atoms with Gasteiger partial charge in [-0.05, 0) is 12.1 Å². The summed E-state index contributed by atoms with van der Waals surface area (Å²) in [7, 11) is 2.81. The van der Waals surface area contributed by atoms with Gasteiger partial charge in [0.2, 0.25) is 5.78 Å². The van der Waals surface area contributed by atoms with Crippen molar-refractivity contribution in [3.8, 4) is 34.5 Å². The van der Waals surface area contributed by atoms with E-state index in [1.54, 1.807) is 0 Å². The van der Waals surface area contributed by atoms with Gasteiger partial charge >= 0.3 is 0 Å². The number of benzene rings is 2. The van der Waals surface area contributed by atoms with Crippen LogP contribution in [0.15, 0.2) is 24.3 Å². The zero-order chi connectivity index (χ0) is 18.3. The second-order valence-corrected chi connectivity index (χ2v) is 5.46. The second-order valence-electron chi connectivity index (χ2n) is 5.46. The Kier molecular flexibility index (Phi) is 4.05. The summed E-state index contributed by atoms with van der Waals surface area (Å²) in [6.45, 7) is 0. The lowest BCUT2D eigenvalue weighted by Gasteiger charge is -2.31. The second kappa shape index (κ2) is 6.06. The Balaban J connectivity index is 2.11. The largest absolute Gasteiger partial charge is 0.504 e. The Morgan fingerprint density at radius 1 is 1.00 bits per heavy atom. The lowest BCUT2D eigenvalue weighted by molar-refractivity contribution is 0.0209. The maximum absolute atomic E-state index is 12.6. The molecule has 2 unspecified atom stereocenters. The quantitative estimate of drug-likeness (QED) is 0.615. The number of aliphatic hydroxyl groups is 1. The van der Waals surface area contributed by atoms with Crippen LogP contribution >= 0.6 is 0 Å². The third kappa shape index (κ3) is 2.66. The van der Waals surface area contributed by atoms with Crippen LogP contribution in [-0.4, -0.2) is 46.5 Å². The predicted octanol–water partition coefficient (Wildman–Crippen LogP) is 1.50. The molecule has 25 heavy (non-hydrogen) atoms.